The van der Waals surface area contributed by atoms with Crippen LogP contribution in [0.25, 0.3) is 0 Å². The highest BCUT2D eigenvalue weighted by molar-refractivity contribution is 7.87. The van der Waals surface area contributed by atoms with Gasteiger partial charge in [0.25, 0.3) is 10.2 Å². The minimum atomic E-state index is -3.35. The molecule has 2 saturated heterocycles. The molecule has 2 aliphatic rings. The van der Waals surface area contributed by atoms with Crippen molar-refractivity contribution in [3.63, 3.8) is 0 Å². The summed E-state index contributed by atoms with van der Waals surface area (Å²) >= 11 is 0. The second-order valence-corrected chi connectivity index (χ2v) is 8.49. The van der Waals surface area contributed by atoms with Gasteiger partial charge in [-0.25, -0.2) is 0 Å². The molecule has 2 rings (SSSR count). The molecule has 2 heterocycles. The van der Waals surface area contributed by atoms with E-state index in [2.05, 4.69) is 10.0 Å². The maximum atomic E-state index is 12.4. The predicted molar refractivity (Wildman–Crippen MR) is 77.1 cm³/mol. The molecule has 0 radical (unpaired) electrons. The van der Waals surface area contributed by atoms with E-state index in [4.69, 9.17) is 0 Å². The Labute approximate surface area is 117 Å². The van der Waals surface area contributed by atoms with Crippen LogP contribution in [-0.4, -0.2) is 43.9 Å². The van der Waals surface area contributed by atoms with Crippen molar-refractivity contribution in [2.75, 3.05) is 19.6 Å². The first kappa shape index (κ1) is 15.2. The van der Waals surface area contributed by atoms with Crippen LogP contribution in [0.15, 0.2) is 0 Å². The van der Waals surface area contributed by atoms with Crippen molar-refractivity contribution >= 4 is 10.2 Å². The molecule has 0 spiro atoms. The van der Waals surface area contributed by atoms with E-state index >= 15 is 0 Å². The second kappa shape index (κ2) is 5.68. The van der Waals surface area contributed by atoms with E-state index < -0.39 is 15.7 Å². The highest BCUT2D eigenvalue weighted by atomic mass is 32.2. The van der Waals surface area contributed by atoms with E-state index in [0.717, 1.165) is 19.4 Å². The molecule has 2 aliphatic heterocycles. The van der Waals surface area contributed by atoms with Crippen LogP contribution in [0.2, 0.25) is 0 Å². The summed E-state index contributed by atoms with van der Waals surface area (Å²) in [6.07, 6.45) is 4.51. The molecule has 6 heteroatoms. The number of hydrogen-bond acceptors (Lipinski definition) is 3. The molecular formula is C13H27N3O2S. The molecule has 0 aliphatic carbocycles. The van der Waals surface area contributed by atoms with Crippen LogP contribution in [0.1, 0.15) is 46.5 Å². The molecule has 0 aromatic carbocycles. The molecule has 5 nitrogen and oxygen atoms in total. The fraction of sp³-hybridized carbons (Fsp3) is 1.00. The second-order valence-electron chi connectivity index (χ2n) is 6.82. The van der Waals surface area contributed by atoms with Gasteiger partial charge in [-0.05, 0) is 58.9 Å². The van der Waals surface area contributed by atoms with Crippen molar-refractivity contribution in [2.24, 2.45) is 5.92 Å². The lowest BCUT2D eigenvalue weighted by molar-refractivity contribution is 0.222. The highest BCUT2D eigenvalue weighted by Gasteiger charge is 2.35. The average Bonchev–Trinajstić information content (AvgIpc) is 2.79. The molecule has 0 amide bonds. The molecule has 112 valence electrons. The van der Waals surface area contributed by atoms with Gasteiger partial charge in [0.2, 0.25) is 0 Å². The third kappa shape index (κ3) is 4.15. The van der Waals surface area contributed by atoms with Gasteiger partial charge in [-0.15, -0.1) is 0 Å². The van der Waals surface area contributed by atoms with E-state index in [9.17, 15) is 8.42 Å². The van der Waals surface area contributed by atoms with Gasteiger partial charge >= 0.3 is 0 Å². The summed E-state index contributed by atoms with van der Waals surface area (Å²) in [7, 11) is -3.35. The van der Waals surface area contributed by atoms with Crippen molar-refractivity contribution in [3.05, 3.63) is 0 Å². The smallest absolute Gasteiger partial charge is 0.279 e. The zero-order valence-corrected chi connectivity index (χ0v) is 13.1. The number of nitrogens with zero attached hydrogens (tertiary/aromatic N) is 1. The average molecular weight is 289 g/mol. The SMILES string of the molecule is CC(C)(C)NS(=O)(=O)N1CCCC(C2CCCN2)C1. The van der Waals surface area contributed by atoms with E-state index in [0.29, 0.717) is 25.0 Å². The fourth-order valence-electron chi connectivity index (χ4n) is 3.09. The first-order valence-corrected chi connectivity index (χ1v) is 8.74. The Morgan fingerprint density at radius 2 is 1.95 bits per heavy atom. The van der Waals surface area contributed by atoms with Gasteiger partial charge in [-0.1, -0.05) is 0 Å². The Hall–Kier alpha value is -0.170. The Morgan fingerprint density at radius 3 is 2.53 bits per heavy atom. The van der Waals surface area contributed by atoms with Crippen molar-refractivity contribution < 1.29 is 8.42 Å². The molecule has 2 unspecified atom stereocenters. The Kier molecular flexibility index (Phi) is 4.55. The van der Waals surface area contributed by atoms with Gasteiger partial charge in [-0.2, -0.15) is 17.4 Å². The standard InChI is InChI=1S/C13H27N3O2S/c1-13(2,3)15-19(17,18)16-9-5-6-11(10-16)12-7-4-8-14-12/h11-12,14-15H,4-10H2,1-3H3. The Balaban J connectivity index is 2.00. The molecule has 2 N–H and O–H groups in total. The van der Waals surface area contributed by atoms with Crippen molar-refractivity contribution in [3.8, 4) is 0 Å². The van der Waals surface area contributed by atoms with Gasteiger partial charge in [0.15, 0.2) is 0 Å². The minimum absolute atomic E-state index is 0.419. The monoisotopic (exact) mass is 289 g/mol. The lowest BCUT2D eigenvalue weighted by Crippen LogP contribution is -2.53. The van der Waals surface area contributed by atoms with E-state index in [1.54, 1.807) is 4.31 Å². The van der Waals surface area contributed by atoms with Crippen molar-refractivity contribution in [2.45, 2.75) is 58.0 Å². The summed E-state index contributed by atoms with van der Waals surface area (Å²) in [6, 6.07) is 0.507. The summed E-state index contributed by atoms with van der Waals surface area (Å²) in [6.45, 7) is 8.02. The largest absolute Gasteiger partial charge is 0.314 e. The van der Waals surface area contributed by atoms with Crippen LogP contribution in [-0.2, 0) is 10.2 Å². The lowest BCUT2D eigenvalue weighted by atomic mass is 9.91. The molecule has 0 aromatic heterocycles. The van der Waals surface area contributed by atoms with Gasteiger partial charge < -0.3 is 5.32 Å². The lowest BCUT2D eigenvalue weighted by Gasteiger charge is -2.36. The predicted octanol–water partition coefficient (Wildman–Crippen LogP) is 1.08. The summed E-state index contributed by atoms with van der Waals surface area (Å²) in [5.74, 6) is 0.466. The molecule has 19 heavy (non-hydrogen) atoms. The maximum absolute atomic E-state index is 12.4. The molecule has 0 saturated carbocycles. The van der Waals surface area contributed by atoms with Gasteiger partial charge in [0, 0.05) is 24.7 Å². The van der Waals surface area contributed by atoms with Crippen LogP contribution in [0.5, 0.6) is 0 Å². The summed E-state index contributed by atoms with van der Waals surface area (Å²) < 4.78 is 29.1. The normalized spacial score (nSPS) is 30.7. The van der Waals surface area contributed by atoms with Crippen LogP contribution < -0.4 is 10.0 Å². The number of hydrogen-bond donors (Lipinski definition) is 2. The maximum Gasteiger partial charge on any atom is 0.279 e. The van der Waals surface area contributed by atoms with Crippen molar-refractivity contribution in [1.82, 2.24) is 14.3 Å². The quantitative estimate of drug-likeness (QED) is 0.817. The molecule has 0 bridgehead atoms. The molecule has 2 fully saturated rings. The van der Waals surface area contributed by atoms with E-state index in [1.165, 1.54) is 12.8 Å². The molecule has 2 atom stereocenters. The van der Waals surface area contributed by atoms with Crippen molar-refractivity contribution in [1.29, 1.82) is 0 Å². The molecule has 0 aromatic rings. The van der Waals surface area contributed by atoms with Gasteiger partial charge in [0.1, 0.15) is 0 Å². The fourth-order valence-corrected chi connectivity index (χ4v) is 4.75. The Bertz CT molecular complexity index is 397. The zero-order valence-electron chi connectivity index (χ0n) is 12.3. The Morgan fingerprint density at radius 1 is 1.21 bits per heavy atom. The third-order valence-corrected chi connectivity index (χ3v) is 5.74. The highest BCUT2D eigenvalue weighted by Crippen LogP contribution is 2.26. The summed E-state index contributed by atoms with van der Waals surface area (Å²) in [4.78, 5) is 0. The number of nitrogens with one attached hydrogen (secondary N) is 2. The first-order valence-electron chi connectivity index (χ1n) is 7.30. The topological polar surface area (TPSA) is 61.4 Å². The van der Waals surface area contributed by atoms with Crippen LogP contribution in [0.4, 0.5) is 0 Å². The van der Waals surface area contributed by atoms with E-state index in [1.807, 2.05) is 20.8 Å². The van der Waals surface area contributed by atoms with Crippen LogP contribution >= 0.6 is 0 Å². The number of rotatable bonds is 3. The van der Waals surface area contributed by atoms with Crippen LogP contribution in [0, 0.1) is 5.92 Å². The first-order chi connectivity index (χ1) is 8.78. The van der Waals surface area contributed by atoms with Gasteiger partial charge in [0.05, 0.1) is 0 Å². The van der Waals surface area contributed by atoms with E-state index in [-0.39, 0.29) is 0 Å². The summed E-state index contributed by atoms with van der Waals surface area (Å²) in [5, 5.41) is 3.50. The number of piperidine rings is 1. The third-order valence-electron chi connectivity index (χ3n) is 3.86. The molecular weight excluding hydrogens is 262 g/mol. The van der Waals surface area contributed by atoms with Crippen LogP contribution in [0.3, 0.4) is 0 Å². The minimum Gasteiger partial charge on any atom is -0.314 e. The summed E-state index contributed by atoms with van der Waals surface area (Å²) in [5.41, 5.74) is -0.419. The van der Waals surface area contributed by atoms with Gasteiger partial charge in [-0.3, -0.25) is 0 Å². The zero-order chi connectivity index (χ0) is 14.1.